The molecule has 0 aliphatic rings. The largest absolute Gasteiger partial charge is 0.383 e. The van der Waals surface area contributed by atoms with Crippen LogP contribution in [-0.4, -0.2) is 28.5 Å². The van der Waals surface area contributed by atoms with Gasteiger partial charge < -0.3 is 5.73 Å². The first-order chi connectivity index (χ1) is 7.20. The van der Waals surface area contributed by atoms with Crippen LogP contribution in [-0.2, 0) is 6.54 Å². The molecule has 2 aromatic rings. The second-order valence-electron chi connectivity index (χ2n) is 3.49. The van der Waals surface area contributed by atoms with Crippen molar-refractivity contribution in [3.63, 3.8) is 0 Å². The van der Waals surface area contributed by atoms with Crippen LogP contribution in [0.3, 0.4) is 0 Å². The molecular formula is C10H14N4S. The zero-order chi connectivity index (χ0) is 10.8. The molecular weight excluding hydrogens is 208 g/mol. The summed E-state index contributed by atoms with van der Waals surface area (Å²) in [7, 11) is 2.04. The summed E-state index contributed by atoms with van der Waals surface area (Å²) in [5.41, 5.74) is 5.86. The molecule has 15 heavy (non-hydrogen) atoms. The van der Waals surface area contributed by atoms with Crippen molar-refractivity contribution in [3.05, 3.63) is 17.3 Å². The van der Waals surface area contributed by atoms with Gasteiger partial charge in [-0.25, -0.2) is 9.97 Å². The highest BCUT2D eigenvalue weighted by molar-refractivity contribution is 7.16. The highest BCUT2D eigenvalue weighted by Crippen LogP contribution is 2.22. The molecule has 0 spiro atoms. The van der Waals surface area contributed by atoms with Gasteiger partial charge in [0.25, 0.3) is 0 Å². The Morgan fingerprint density at radius 2 is 2.27 bits per heavy atom. The third kappa shape index (κ3) is 2.08. The first kappa shape index (κ1) is 10.3. The van der Waals surface area contributed by atoms with Crippen molar-refractivity contribution in [3.8, 4) is 0 Å². The SMILES string of the molecule is CCN(C)Cc1nc(N)c2ccsc2n1. The monoisotopic (exact) mass is 222 g/mol. The van der Waals surface area contributed by atoms with E-state index in [1.807, 2.05) is 18.5 Å². The van der Waals surface area contributed by atoms with Crippen molar-refractivity contribution in [2.45, 2.75) is 13.5 Å². The molecule has 80 valence electrons. The molecule has 5 heteroatoms. The number of fused-ring (bicyclic) bond motifs is 1. The summed E-state index contributed by atoms with van der Waals surface area (Å²) in [6.45, 7) is 3.83. The standard InChI is InChI=1S/C10H14N4S/c1-3-14(2)6-8-12-9(11)7-4-5-15-10(7)13-8/h4-5H,3,6H2,1-2H3,(H2,11,12,13). The average molecular weight is 222 g/mol. The predicted octanol–water partition coefficient (Wildman–Crippen LogP) is 1.73. The van der Waals surface area contributed by atoms with E-state index in [2.05, 4.69) is 21.8 Å². The summed E-state index contributed by atoms with van der Waals surface area (Å²) >= 11 is 1.60. The van der Waals surface area contributed by atoms with E-state index in [1.165, 1.54) is 0 Å². The van der Waals surface area contributed by atoms with Crippen LogP contribution < -0.4 is 5.73 Å². The number of anilines is 1. The van der Waals surface area contributed by atoms with Crippen molar-refractivity contribution >= 4 is 27.4 Å². The van der Waals surface area contributed by atoms with Gasteiger partial charge in [-0.3, -0.25) is 4.90 Å². The molecule has 2 N–H and O–H groups in total. The molecule has 2 rings (SSSR count). The van der Waals surface area contributed by atoms with Crippen LogP contribution in [0.5, 0.6) is 0 Å². The first-order valence-corrected chi connectivity index (χ1v) is 5.76. The smallest absolute Gasteiger partial charge is 0.146 e. The Bertz CT molecular complexity index is 465. The van der Waals surface area contributed by atoms with Gasteiger partial charge in [0.15, 0.2) is 0 Å². The maximum Gasteiger partial charge on any atom is 0.146 e. The summed E-state index contributed by atoms with van der Waals surface area (Å²) in [6, 6.07) is 1.96. The molecule has 0 radical (unpaired) electrons. The Labute approximate surface area is 92.8 Å². The fraction of sp³-hybridized carbons (Fsp3) is 0.400. The molecule has 0 amide bonds. The molecule has 0 saturated carbocycles. The van der Waals surface area contributed by atoms with Crippen molar-refractivity contribution in [2.75, 3.05) is 19.3 Å². The van der Waals surface area contributed by atoms with Gasteiger partial charge in [0, 0.05) is 0 Å². The zero-order valence-electron chi connectivity index (χ0n) is 8.90. The van der Waals surface area contributed by atoms with E-state index < -0.39 is 0 Å². The lowest BCUT2D eigenvalue weighted by Gasteiger charge is -2.12. The average Bonchev–Trinajstić information content (AvgIpc) is 2.66. The number of nitrogens with zero attached hydrogens (tertiary/aromatic N) is 3. The minimum atomic E-state index is 0.584. The topological polar surface area (TPSA) is 55.0 Å². The Balaban J connectivity index is 2.36. The molecule has 0 bridgehead atoms. The summed E-state index contributed by atoms with van der Waals surface area (Å²) < 4.78 is 0. The van der Waals surface area contributed by atoms with E-state index in [0.29, 0.717) is 5.82 Å². The molecule has 2 aromatic heterocycles. The van der Waals surface area contributed by atoms with Crippen LogP contribution in [0.25, 0.3) is 10.2 Å². The van der Waals surface area contributed by atoms with Crippen molar-refractivity contribution in [1.82, 2.24) is 14.9 Å². The number of aromatic nitrogens is 2. The van der Waals surface area contributed by atoms with E-state index in [1.54, 1.807) is 11.3 Å². The maximum absolute atomic E-state index is 5.86. The fourth-order valence-electron chi connectivity index (χ4n) is 1.35. The Morgan fingerprint density at radius 1 is 1.47 bits per heavy atom. The van der Waals surface area contributed by atoms with E-state index in [0.717, 1.165) is 29.1 Å². The third-order valence-corrected chi connectivity index (χ3v) is 3.16. The van der Waals surface area contributed by atoms with Gasteiger partial charge in [-0.1, -0.05) is 6.92 Å². The minimum Gasteiger partial charge on any atom is -0.383 e. The molecule has 0 aliphatic heterocycles. The van der Waals surface area contributed by atoms with E-state index in [9.17, 15) is 0 Å². The molecule has 2 heterocycles. The van der Waals surface area contributed by atoms with Crippen LogP contribution in [0.1, 0.15) is 12.7 Å². The summed E-state index contributed by atoms with van der Waals surface area (Å²) in [6.07, 6.45) is 0. The number of hydrogen-bond donors (Lipinski definition) is 1. The van der Waals surface area contributed by atoms with Crippen LogP contribution in [0.15, 0.2) is 11.4 Å². The third-order valence-electron chi connectivity index (χ3n) is 2.35. The number of rotatable bonds is 3. The van der Waals surface area contributed by atoms with Gasteiger partial charge in [0.1, 0.15) is 16.5 Å². The van der Waals surface area contributed by atoms with Crippen LogP contribution in [0.2, 0.25) is 0 Å². The Morgan fingerprint density at radius 3 is 3.00 bits per heavy atom. The van der Waals surface area contributed by atoms with Crippen LogP contribution in [0.4, 0.5) is 5.82 Å². The first-order valence-electron chi connectivity index (χ1n) is 4.89. The quantitative estimate of drug-likeness (QED) is 0.859. The summed E-state index contributed by atoms with van der Waals surface area (Å²) in [5, 5.41) is 2.95. The number of thiophene rings is 1. The molecule has 0 saturated heterocycles. The lowest BCUT2D eigenvalue weighted by Crippen LogP contribution is -2.18. The van der Waals surface area contributed by atoms with Gasteiger partial charge in [0.2, 0.25) is 0 Å². The van der Waals surface area contributed by atoms with Crippen molar-refractivity contribution in [1.29, 1.82) is 0 Å². The van der Waals surface area contributed by atoms with Gasteiger partial charge >= 0.3 is 0 Å². The van der Waals surface area contributed by atoms with E-state index in [-0.39, 0.29) is 0 Å². The molecule has 0 aromatic carbocycles. The minimum absolute atomic E-state index is 0.584. The van der Waals surface area contributed by atoms with Gasteiger partial charge in [0.05, 0.1) is 11.9 Å². The van der Waals surface area contributed by atoms with Crippen molar-refractivity contribution < 1.29 is 0 Å². The molecule has 0 unspecified atom stereocenters. The Hall–Kier alpha value is -1.20. The number of nitrogen functional groups attached to an aromatic ring is 1. The van der Waals surface area contributed by atoms with Crippen LogP contribution >= 0.6 is 11.3 Å². The molecule has 0 fully saturated rings. The zero-order valence-corrected chi connectivity index (χ0v) is 9.71. The Kier molecular flexibility index (Phi) is 2.83. The predicted molar refractivity (Wildman–Crippen MR) is 63.8 cm³/mol. The highest BCUT2D eigenvalue weighted by Gasteiger charge is 2.07. The molecule has 0 aliphatic carbocycles. The summed E-state index contributed by atoms with van der Waals surface area (Å²) in [5.74, 6) is 1.38. The van der Waals surface area contributed by atoms with Gasteiger partial charge in [-0.15, -0.1) is 11.3 Å². The second-order valence-corrected chi connectivity index (χ2v) is 4.39. The maximum atomic E-state index is 5.86. The second kappa shape index (κ2) is 4.12. The number of nitrogens with two attached hydrogens (primary N) is 1. The van der Waals surface area contributed by atoms with E-state index >= 15 is 0 Å². The van der Waals surface area contributed by atoms with Crippen LogP contribution in [0, 0.1) is 0 Å². The lowest BCUT2D eigenvalue weighted by atomic mass is 10.4. The fourth-order valence-corrected chi connectivity index (χ4v) is 2.14. The van der Waals surface area contributed by atoms with E-state index in [4.69, 9.17) is 5.73 Å². The lowest BCUT2D eigenvalue weighted by molar-refractivity contribution is 0.337. The molecule has 0 atom stereocenters. The highest BCUT2D eigenvalue weighted by atomic mass is 32.1. The molecule has 4 nitrogen and oxygen atoms in total. The van der Waals surface area contributed by atoms with Crippen molar-refractivity contribution in [2.24, 2.45) is 0 Å². The normalized spacial score (nSPS) is 11.4. The summed E-state index contributed by atoms with van der Waals surface area (Å²) in [4.78, 5) is 11.9. The number of hydrogen-bond acceptors (Lipinski definition) is 5. The van der Waals surface area contributed by atoms with Gasteiger partial charge in [-0.2, -0.15) is 0 Å². The van der Waals surface area contributed by atoms with Gasteiger partial charge in [-0.05, 0) is 25.0 Å².